The van der Waals surface area contributed by atoms with Crippen molar-refractivity contribution < 1.29 is 22.3 Å². The Morgan fingerprint density at radius 2 is 1.72 bits per heavy atom. The summed E-state index contributed by atoms with van der Waals surface area (Å²) in [6.45, 7) is 0.391. The maximum absolute atomic E-state index is 12.9. The van der Waals surface area contributed by atoms with Gasteiger partial charge in [-0.05, 0) is 53.6 Å². The Labute approximate surface area is 168 Å². The topological polar surface area (TPSA) is 77.0 Å². The number of ether oxygens (including phenoxy) is 2. The molecule has 3 aromatic carbocycles. The quantitative estimate of drug-likeness (QED) is 0.450. The summed E-state index contributed by atoms with van der Waals surface area (Å²) in [5.74, 6) is 0.529. The summed E-state index contributed by atoms with van der Waals surface area (Å²) in [5, 5.41) is 3.76. The van der Waals surface area contributed by atoms with Crippen molar-refractivity contribution in [2.45, 2.75) is 11.5 Å². The fraction of sp³-hybridized carbons (Fsp3) is 0.0952. The average molecular weight is 414 g/mol. The van der Waals surface area contributed by atoms with E-state index in [4.69, 9.17) is 9.47 Å². The summed E-state index contributed by atoms with van der Waals surface area (Å²) in [5.41, 5.74) is 1.63. The van der Waals surface area contributed by atoms with Gasteiger partial charge < -0.3 is 9.47 Å². The normalized spacial score (nSPS) is 11.4. The number of hydrogen-bond acceptors (Lipinski definition) is 5. The van der Waals surface area contributed by atoms with E-state index in [0.717, 1.165) is 29.8 Å². The lowest BCUT2D eigenvalue weighted by Gasteiger charge is -2.11. The van der Waals surface area contributed by atoms with E-state index in [1.54, 1.807) is 18.2 Å². The third kappa shape index (κ3) is 5.55. The number of nitrogens with one attached hydrogen (secondary N) is 1. The molecule has 0 unspecified atom stereocenters. The molecule has 1 N–H and O–H groups in total. The van der Waals surface area contributed by atoms with Crippen molar-refractivity contribution in [3.05, 3.63) is 89.7 Å². The van der Waals surface area contributed by atoms with Crippen LogP contribution in [0.5, 0.6) is 11.5 Å². The van der Waals surface area contributed by atoms with Gasteiger partial charge in [-0.15, -0.1) is 0 Å². The van der Waals surface area contributed by atoms with Gasteiger partial charge in [0.1, 0.15) is 12.4 Å². The lowest BCUT2D eigenvalue weighted by Crippen LogP contribution is -2.18. The zero-order valence-electron chi connectivity index (χ0n) is 15.6. The van der Waals surface area contributed by atoms with Gasteiger partial charge in [0.05, 0.1) is 18.2 Å². The van der Waals surface area contributed by atoms with Crippen molar-refractivity contribution in [2.24, 2.45) is 5.10 Å². The average Bonchev–Trinajstić information content (AvgIpc) is 2.73. The smallest absolute Gasteiger partial charge is 0.276 e. The molecule has 6 nitrogen and oxygen atoms in total. The van der Waals surface area contributed by atoms with Gasteiger partial charge >= 0.3 is 0 Å². The minimum atomic E-state index is -3.88. The highest BCUT2D eigenvalue weighted by Gasteiger charge is 2.12. The van der Waals surface area contributed by atoms with Crippen LogP contribution in [0, 0.1) is 5.82 Å². The zero-order valence-corrected chi connectivity index (χ0v) is 16.4. The molecule has 29 heavy (non-hydrogen) atoms. The molecular weight excluding hydrogens is 395 g/mol. The molecule has 150 valence electrons. The number of nitrogens with zero attached hydrogens (tertiary/aromatic N) is 1. The first-order valence-corrected chi connectivity index (χ1v) is 10.1. The van der Waals surface area contributed by atoms with E-state index in [-0.39, 0.29) is 4.90 Å². The number of halogens is 1. The van der Waals surface area contributed by atoms with Crippen molar-refractivity contribution in [3.63, 3.8) is 0 Å². The largest absolute Gasteiger partial charge is 0.493 e. The Hall–Kier alpha value is -3.39. The lowest BCUT2D eigenvalue weighted by atomic mass is 10.2. The van der Waals surface area contributed by atoms with E-state index in [1.165, 1.54) is 13.3 Å². The van der Waals surface area contributed by atoms with Crippen molar-refractivity contribution in [3.8, 4) is 11.5 Å². The molecule has 0 heterocycles. The molecule has 0 saturated carbocycles. The molecule has 0 radical (unpaired) electrons. The fourth-order valence-corrected chi connectivity index (χ4v) is 3.25. The van der Waals surface area contributed by atoms with Crippen LogP contribution < -0.4 is 14.3 Å². The lowest BCUT2D eigenvalue weighted by molar-refractivity contribution is 0.284. The number of benzene rings is 3. The van der Waals surface area contributed by atoms with Gasteiger partial charge in [0.2, 0.25) is 0 Å². The molecule has 8 heteroatoms. The van der Waals surface area contributed by atoms with Crippen molar-refractivity contribution in [2.75, 3.05) is 7.11 Å². The van der Waals surface area contributed by atoms with Gasteiger partial charge in [-0.2, -0.15) is 13.5 Å². The molecule has 0 aliphatic heterocycles. The van der Waals surface area contributed by atoms with E-state index in [1.807, 2.05) is 30.3 Å². The minimum Gasteiger partial charge on any atom is -0.493 e. The molecule has 0 spiro atoms. The van der Waals surface area contributed by atoms with Crippen LogP contribution in [-0.2, 0) is 16.6 Å². The molecule has 3 aromatic rings. The summed E-state index contributed by atoms with van der Waals surface area (Å²) < 4.78 is 48.3. The van der Waals surface area contributed by atoms with E-state index >= 15 is 0 Å². The second-order valence-corrected chi connectivity index (χ2v) is 7.65. The van der Waals surface area contributed by atoms with E-state index in [0.29, 0.717) is 23.7 Å². The maximum atomic E-state index is 12.9. The van der Waals surface area contributed by atoms with Crippen LogP contribution in [0.2, 0.25) is 0 Å². The molecule has 0 atom stereocenters. The summed E-state index contributed by atoms with van der Waals surface area (Å²) in [7, 11) is -2.36. The molecule has 0 aromatic heterocycles. The maximum Gasteiger partial charge on any atom is 0.276 e. The SMILES string of the molecule is COc1cc(/C=N/NS(=O)(=O)c2ccc(F)cc2)ccc1OCc1ccccc1. The molecule has 3 rings (SSSR count). The van der Waals surface area contributed by atoms with Gasteiger partial charge in [-0.1, -0.05) is 30.3 Å². The van der Waals surface area contributed by atoms with E-state index in [2.05, 4.69) is 9.93 Å². The number of methoxy groups -OCH3 is 1. The summed E-state index contributed by atoms with van der Waals surface area (Å²) in [4.78, 5) is 2.00. The minimum absolute atomic E-state index is 0.0849. The predicted octanol–water partition coefficient (Wildman–Crippen LogP) is 3.73. The van der Waals surface area contributed by atoms with Crippen LogP contribution >= 0.6 is 0 Å². The Bertz CT molecular complexity index is 1090. The summed E-state index contributed by atoms with van der Waals surface area (Å²) >= 11 is 0. The third-order valence-electron chi connectivity index (χ3n) is 3.94. The third-order valence-corrected chi connectivity index (χ3v) is 5.17. The number of rotatable bonds is 8. The number of hydrazone groups is 1. The van der Waals surface area contributed by atoms with Gasteiger partial charge in [0.25, 0.3) is 10.0 Å². The molecule has 0 amide bonds. The first kappa shape index (κ1) is 20.3. The van der Waals surface area contributed by atoms with Crippen LogP contribution in [0.1, 0.15) is 11.1 Å². The Kier molecular flexibility index (Phi) is 6.46. The Balaban J connectivity index is 1.67. The van der Waals surface area contributed by atoms with Crippen molar-refractivity contribution >= 4 is 16.2 Å². The molecule has 0 aliphatic rings. The van der Waals surface area contributed by atoms with Crippen LogP contribution in [0.4, 0.5) is 4.39 Å². The van der Waals surface area contributed by atoms with Gasteiger partial charge in [-0.3, -0.25) is 0 Å². The molecule has 0 bridgehead atoms. The van der Waals surface area contributed by atoms with Crippen molar-refractivity contribution in [1.29, 1.82) is 0 Å². The van der Waals surface area contributed by atoms with Crippen LogP contribution in [0.25, 0.3) is 0 Å². The second kappa shape index (κ2) is 9.20. The highest BCUT2D eigenvalue weighted by molar-refractivity contribution is 7.89. The Morgan fingerprint density at radius 3 is 2.41 bits per heavy atom. The summed E-state index contributed by atoms with van der Waals surface area (Å²) in [6, 6.07) is 19.3. The monoisotopic (exact) mass is 414 g/mol. The van der Waals surface area contributed by atoms with Gasteiger partial charge in [0.15, 0.2) is 11.5 Å². The Morgan fingerprint density at radius 1 is 1.00 bits per heavy atom. The van der Waals surface area contributed by atoms with E-state index < -0.39 is 15.8 Å². The first-order valence-electron chi connectivity index (χ1n) is 8.63. The fourth-order valence-electron chi connectivity index (χ4n) is 2.46. The first-order chi connectivity index (χ1) is 14.0. The number of hydrogen-bond donors (Lipinski definition) is 1. The second-order valence-electron chi connectivity index (χ2n) is 5.99. The molecule has 0 saturated heterocycles. The zero-order chi connectivity index (χ0) is 20.7. The highest BCUT2D eigenvalue weighted by atomic mass is 32.2. The standard InChI is InChI=1S/C21H19FN2O4S/c1-27-21-13-17(7-12-20(21)28-15-16-5-3-2-4-6-16)14-23-24-29(25,26)19-10-8-18(22)9-11-19/h2-14,24H,15H2,1H3/b23-14+. The highest BCUT2D eigenvalue weighted by Crippen LogP contribution is 2.28. The van der Waals surface area contributed by atoms with Crippen LogP contribution in [0.3, 0.4) is 0 Å². The van der Waals surface area contributed by atoms with Gasteiger partial charge in [0, 0.05) is 0 Å². The predicted molar refractivity (Wildman–Crippen MR) is 108 cm³/mol. The summed E-state index contributed by atoms with van der Waals surface area (Å²) in [6.07, 6.45) is 1.34. The molecular formula is C21H19FN2O4S. The van der Waals surface area contributed by atoms with Gasteiger partial charge in [-0.25, -0.2) is 9.22 Å². The van der Waals surface area contributed by atoms with Crippen LogP contribution in [0.15, 0.2) is 82.8 Å². The molecule has 0 aliphatic carbocycles. The molecule has 0 fully saturated rings. The number of sulfonamides is 1. The van der Waals surface area contributed by atoms with Crippen molar-refractivity contribution in [1.82, 2.24) is 4.83 Å². The van der Waals surface area contributed by atoms with E-state index in [9.17, 15) is 12.8 Å². The van der Waals surface area contributed by atoms with Crippen LogP contribution in [-0.4, -0.2) is 21.7 Å².